The Bertz CT molecular complexity index is 1890. The quantitative estimate of drug-likeness (QED) is 0.111. The molecule has 2 aromatic carbocycles. The van der Waals surface area contributed by atoms with Gasteiger partial charge in [-0.3, -0.25) is 13.9 Å². The van der Waals surface area contributed by atoms with Gasteiger partial charge in [0.2, 0.25) is 5.95 Å². The predicted octanol–water partition coefficient (Wildman–Crippen LogP) is 5.47. The standard InChI is InChI=1S/C34H42N7O6P/c1-7-22-17-25(46-31(22)41-20-36-28-29(40(6)24-15-16-24)37-33(35)38-30(28)41)18-45-48(43,39-21(2)32(42)44-19-34(3,4)5)47-27-14-10-12-23-11-8-9-13-26(23)27/h1,8-14,20-22,24-25,31H,15-19H2,2-6H3,(H,39,43)(H2,35,37,38)/t21-,22-,25-,31+,48?/m0/s1. The number of hydrogen-bond acceptors (Lipinski definition) is 11. The first kappa shape index (κ1) is 33.7. The Hall–Kier alpha value is -4.21. The van der Waals surface area contributed by atoms with E-state index in [0.29, 0.717) is 35.2 Å². The Balaban J connectivity index is 1.22. The zero-order valence-corrected chi connectivity index (χ0v) is 28.7. The average Bonchev–Trinajstić information content (AvgIpc) is 3.69. The van der Waals surface area contributed by atoms with Crippen LogP contribution >= 0.6 is 7.75 Å². The van der Waals surface area contributed by atoms with Crippen LogP contribution in [-0.2, 0) is 23.4 Å². The Morgan fingerprint density at radius 2 is 1.98 bits per heavy atom. The second-order valence-corrected chi connectivity index (χ2v) is 15.3. The van der Waals surface area contributed by atoms with E-state index in [1.54, 1.807) is 30.0 Å². The van der Waals surface area contributed by atoms with Crippen LogP contribution in [0, 0.1) is 23.7 Å². The summed E-state index contributed by atoms with van der Waals surface area (Å²) >= 11 is 0. The zero-order valence-electron chi connectivity index (χ0n) is 27.8. The number of nitrogen functional groups attached to an aromatic ring is 1. The van der Waals surface area contributed by atoms with Crippen LogP contribution in [0.25, 0.3) is 21.9 Å². The predicted molar refractivity (Wildman–Crippen MR) is 183 cm³/mol. The molecular weight excluding hydrogens is 633 g/mol. The molecule has 1 unspecified atom stereocenters. The molecule has 0 bridgehead atoms. The molecule has 14 heteroatoms. The first-order chi connectivity index (χ1) is 22.8. The van der Waals surface area contributed by atoms with Gasteiger partial charge in [-0.25, -0.2) is 9.55 Å². The highest BCUT2D eigenvalue weighted by molar-refractivity contribution is 7.52. The largest absolute Gasteiger partial charge is 0.464 e. The number of anilines is 2. The molecule has 1 aliphatic heterocycles. The highest BCUT2D eigenvalue weighted by Crippen LogP contribution is 2.48. The van der Waals surface area contributed by atoms with Gasteiger partial charge in [0, 0.05) is 18.5 Å². The number of nitrogens with zero attached hydrogens (tertiary/aromatic N) is 5. The molecule has 0 amide bonds. The maximum atomic E-state index is 14.4. The fourth-order valence-corrected chi connectivity index (χ4v) is 7.17. The van der Waals surface area contributed by atoms with E-state index in [0.717, 1.165) is 23.6 Å². The van der Waals surface area contributed by atoms with Crippen LogP contribution in [0.5, 0.6) is 5.75 Å². The number of nitrogens with two attached hydrogens (primary N) is 1. The maximum Gasteiger partial charge on any atom is 0.459 e. The summed E-state index contributed by atoms with van der Waals surface area (Å²) in [4.78, 5) is 28.5. The number of hydrogen-bond donors (Lipinski definition) is 2. The fraction of sp³-hybridized carbons (Fsp3) is 0.471. The van der Waals surface area contributed by atoms with Crippen molar-refractivity contribution in [1.82, 2.24) is 24.6 Å². The van der Waals surface area contributed by atoms with Crippen LogP contribution < -0.4 is 20.2 Å². The number of rotatable bonds is 12. The smallest absolute Gasteiger partial charge is 0.459 e. The summed E-state index contributed by atoms with van der Waals surface area (Å²) in [5.74, 6) is 2.96. The van der Waals surface area contributed by atoms with Crippen molar-refractivity contribution in [2.24, 2.45) is 11.3 Å². The van der Waals surface area contributed by atoms with Crippen LogP contribution in [0.2, 0.25) is 0 Å². The Morgan fingerprint density at radius 3 is 2.71 bits per heavy atom. The van der Waals surface area contributed by atoms with Gasteiger partial charge in [0.15, 0.2) is 23.2 Å². The summed E-state index contributed by atoms with van der Waals surface area (Å²) in [5.41, 5.74) is 6.98. The van der Waals surface area contributed by atoms with Gasteiger partial charge < -0.3 is 24.6 Å². The Labute approximate surface area is 280 Å². The molecule has 2 fully saturated rings. The van der Waals surface area contributed by atoms with E-state index < -0.39 is 32.1 Å². The third-order valence-corrected chi connectivity index (χ3v) is 9.91. The van der Waals surface area contributed by atoms with Gasteiger partial charge in [0.1, 0.15) is 11.8 Å². The minimum atomic E-state index is -4.19. The van der Waals surface area contributed by atoms with Gasteiger partial charge in [-0.05, 0) is 43.1 Å². The summed E-state index contributed by atoms with van der Waals surface area (Å²) in [6, 6.07) is 12.3. The molecule has 0 spiro atoms. The van der Waals surface area contributed by atoms with Crippen molar-refractivity contribution in [2.45, 2.75) is 71.4 Å². The van der Waals surface area contributed by atoms with E-state index in [-0.39, 0.29) is 30.5 Å². The third-order valence-electron chi connectivity index (χ3n) is 8.28. The molecule has 2 aliphatic rings. The number of aromatic nitrogens is 4. The number of benzene rings is 2. The minimum Gasteiger partial charge on any atom is -0.464 e. The number of terminal acetylenes is 1. The molecule has 6 rings (SSSR count). The van der Waals surface area contributed by atoms with Gasteiger partial charge in [0.05, 0.1) is 31.6 Å². The average molecular weight is 676 g/mol. The van der Waals surface area contributed by atoms with Gasteiger partial charge in [-0.1, -0.05) is 63.1 Å². The number of carbonyl (C=O) groups is 1. The molecule has 5 atom stereocenters. The minimum absolute atomic E-state index is 0.120. The van der Waals surface area contributed by atoms with Gasteiger partial charge in [-0.2, -0.15) is 15.1 Å². The molecule has 4 aromatic rings. The van der Waals surface area contributed by atoms with E-state index in [9.17, 15) is 9.36 Å². The van der Waals surface area contributed by atoms with Crippen molar-refractivity contribution < 1.29 is 27.9 Å². The number of esters is 1. The first-order valence-corrected chi connectivity index (χ1v) is 17.6. The number of fused-ring (bicyclic) bond motifs is 2. The summed E-state index contributed by atoms with van der Waals surface area (Å²) in [6.45, 7) is 7.45. The molecule has 1 aliphatic carbocycles. The second kappa shape index (κ2) is 13.4. The molecule has 3 N–H and O–H groups in total. The van der Waals surface area contributed by atoms with Crippen LogP contribution in [-0.4, -0.2) is 63.9 Å². The SMILES string of the molecule is C#C[C@H]1C[C@@H](COP(=O)(N[C@@H](C)C(=O)OCC(C)(C)C)Oc2cccc3ccccc23)O[C@H]1n1cnc2c(N(C)C3CC3)nc(N)nc21. The van der Waals surface area contributed by atoms with E-state index >= 15 is 0 Å². The van der Waals surface area contributed by atoms with Crippen molar-refractivity contribution in [3.8, 4) is 18.1 Å². The van der Waals surface area contributed by atoms with Gasteiger partial charge in [0.25, 0.3) is 0 Å². The van der Waals surface area contributed by atoms with E-state index in [1.807, 2.05) is 58.2 Å². The first-order valence-electron chi connectivity index (χ1n) is 16.0. The van der Waals surface area contributed by atoms with E-state index in [4.69, 9.17) is 30.7 Å². The van der Waals surface area contributed by atoms with E-state index in [2.05, 4.69) is 30.9 Å². The van der Waals surface area contributed by atoms with Crippen molar-refractivity contribution in [1.29, 1.82) is 0 Å². The van der Waals surface area contributed by atoms with Crippen LogP contribution in [0.4, 0.5) is 11.8 Å². The summed E-state index contributed by atoms with van der Waals surface area (Å²) in [5, 5.41) is 4.41. The highest BCUT2D eigenvalue weighted by Gasteiger charge is 2.40. The van der Waals surface area contributed by atoms with Crippen molar-refractivity contribution in [3.63, 3.8) is 0 Å². The molecule has 48 heavy (non-hydrogen) atoms. The normalized spacial score (nSPS) is 21.5. The Kier molecular flexibility index (Phi) is 9.37. The van der Waals surface area contributed by atoms with Gasteiger partial charge in [-0.15, -0.1) is 6.42 Å². The fourth-order valence-electron chi connectivity index (χ4n) is 5.63. The van der Waals surface area contributed by atoms with Crippen LogP contribution in [0.15, 0.2) is 48.8 Å². The van der Waals surface area contributed by atoms with Crippen LogP contribution in [0.1, 0.15) is 53.2 Å². The van der Waals surface area contributed by atoms with Crippen LogP contribution in [0.3, 0.4) is 0 Å². The van der Waals surface area contributed by atoms with E-state index in [1.165, 1.54) is 0 Å². The van der Waals surface area contributed by atoms with Gasteiger partial charge >= 0.3 is 13.7 Å². The van der Waals surface area contributed by atoms with Crippen molar-refractivity contribution in [3.05, 3.63) is 48.8 Å². The molecule has 0 radical (unpaired) electrons. The monoisotopic (exact) mass is 675 g/mol. The zero-order chi connectivity index (χ0) is 34.2. The molecule has 13 nitrogen and oxygen atoms in total. The molecular formula is C34H42N7O6P. The summed E-state index contributed by atoms with van der Waals surface area (Å²) in [7, 11) is -2.22. The number of carbonyl (C=O) groups excluding carboxylic acids is 1. The number of nitrogens with one attached hydrogen (secondary N) is 1. The third kappa shape index (κ3) is 7.42. The lowest BCUT2D eigenvalue weighted by Crippen LogP contribution is -2.37. The molecule has 1 saturated carbocycles. The molecule has 2 aromatic heterocycles. The maximum absolute atomic E-state index is 14.4. The summed E-state index contributed by atoms with van der Waals surface area (Å²) in [6.07, 6.45) is 8.94. The lowest BCUT2D eigenvalue weighted by atomic mass is 9.99. The van der Waals surface area contributed by atoms with Crippen molar-refractivity contribution in [2.75, 3.05) is 30.9 Å². The highest BCUT2D eigenvalue weighted by atomic mass is 31.2. The summed E-state index contributed by atoms with van der Waals surface area (Å²) < 4.78 is 40.2. The van der Waals surface area contributed by atoms with Crippen molar-refractivity contribution >= 4 is 47.4 Å². The lowest BCUT2D eigenvalue weighted by molar-refractivity contribution is -0.148. The number of ether oxygens (including phenoxy) is 2. The Morgan fingerprint density at radius 1 is 1.23 bits per heavy atom. The molecule has 254 valence electrons. The molecule has 1 saturated heterocycles. The topological polar surface area (TPSA) is 156 Å². The second-order valence-electron chi connectivity index (χ2n) is 13.6. The molecule has 3 heterocycles. The lowest BCUT2D eigenvalue weighted by Gasteiger charge is -2.25. The number of imidazole rings is 1.